The standard InChI is InChI=1S/C21H21ClN8/c1-14-9-15(2)30(27-14)20-11-19(24-13-25-20)28-5-7-29(8-6-28)21-12-23-18-10-16(22)3-4-17(18)26-21/h3-4,9-13H,5-8H2,1-2H3. The molecule has 0 atom stereocenters. The molecule has 1 saturated heterocycles. The molecule has 0 spiro atoms. The van der Waals surface area contributed by atoms with Crippen molar-refractivity contribution >= 4 is 34.3 Å². The third-order valence-electron chi connectivity index (χ3n) is 5.28. The van der Waals surface area contributed by atoms with E-state index in [1.54, 1.807) is 6.33 Å². The van der Waals surface area contributed by atoms with Crippen LogP contribution < -0.4 is 9.80 Å². The molecule has 4 heterocycles. The van der Waals surface area contributed by atoms with E-state index in [0.717, 1.165) is 66.1 Å². The zero-order valence-corrected chi connectivity index (χ0v) is 17.6. The first-order chi connectivity index (χ1) is 14.6. The summed E-state index contributed by atoms with van der Waals surface area (Å²) in [6.07, 6.45) is 3.42. The Balaban J connectivity index is 1.32. The predicted molar refractivity (Wildman–Crippen MR) is 118 cm³/mol. The fraction of sp³-hybridized carbons (Fsp3) is 0.286. The molecule has 9 heteroatoms. The zero-order chi connectivity index (χ0) is 20.7. The molecular weight excluding hydrogens is 400 g/mol. The highest BCUT2D eigenvalue weighted by molar-refractivity contribution is 6.31. The van der Waals surface area contributed by atoms with Gasteiger partial charge in [0.2, 0.25) is 0 Å². The summed E-state index contributed by atoms with van der Waals surface area (Å²) in [6, 6.07) is 9.62. The van der Waals surface area contributed by atoms with Crippen LogP contribution in [0, 0.1) is 13.8 Å². The molecule has 3 aromatic heterocycles. The molecule has 0 amide bonds. The molecule has 4 aromatic rings. The molecule has 0 saturated carbocycles. The van der Waals surface area contributed by atoms with E-state index in [1.807, 2.05) is 55.1 Å². The molecule has 1 aromatic carbocycles. The third-order valence-corrected chi connectivity index (χ3v) is 5.52. The van der Waals surface area contributed by atoms with Crippen molar-refractivity contribution in [3.05, 3.63) is 59.3 Å². The lowest BCUT2D eigenvalue weighted by Crippen LogP contribution is -2.47. The van der Waals surface area contributed by atoms with Gasteiger partial charge in [-0.2, -0.15) is 5.10 Å². The van der Waals surface area contributed by atoms with Crippen molar-refractivity contribution in [1.82, 2.24) is 29.7 Å². The van der Waals surface area contributed by atoms with E-state index in [-0.39, 0.29) is 0 Å². The summed E-state index contributed by atoms with van der Waals surface area (Å²) in [5.41, 5.74) is 3.69. The molecule has 5 rings (SSSR count). The van der Waals surface area contributed by atoms with Crippen molar-refractivity contribution in [2.45, 2.75) is 13.8 Å². The Bertz CT molecular complexity index is 1210. The monoisotopic (exact) mass is 420 g/mol. The number of hydrogen-bond acceptors (Lipinski definition) is 7. The van der Waals surface area contributed by atoms with Gasteiger partial charge in [-0.3, -0.25) is 4.98 Å². The van der Waals surface area contributed by atoms with E-state index in [9.17, 15) is 0 Å². The van der Waals surface area contributed by atoms with E-state index in [0.29, 0.717) is 5.02 Å². The maximum absolute atomic E-state index is 6.04. The first-order valence-electron chi connectivity index (χ1n) is 9.85. The Morgan fingerprint density at radius 2 is 1.53 bits per heavy atom. The first-order valence-corrected chi connectivity index (χ1v) is 10.2. The summed E-state index contributed by atoms with van der Waals surface area (Å²) in [7, 11) is 0. The van der Waals surface area contributed by atoms with Crippen LogP contribution >= 0.6 is 11.6 Å². The Kier molecular flexibility index (Phi) is 4.71. The minimum absolute atomic E-state index is 0.669. The third kappa shape index (κ3) is 3.54. The van der Waals surface area contributed by atoms with Gasteiger partial charge in [0.15, 0.2) is 5.82 Å². The van der Waals surface area contributed by atoms with Crippen LogP contribution in [0.25, 0.3) is 16.9 Å². The fourth-order valence-electron chi connectivity index (χ4n) is 3.78. The van der Waals surface area contributed by atoms with Gasteiger partial charge >= 0.3 is 0 Å². The van der Waals surface area contributed by atoms with Crippen molar-refractivity contribution in [1.29, 1.82) is 0 Å². The minimum atomic E-state index is 0.669. The van der Waals surface area contributed by atoms with Gasteiger partial charge in [-0.25, -0.2) is 19.6 Å². The molecule has 1 aliphatic rings. The van der Waals surface area contributed by atoms with Gasteiger partial charge in [-0.05, 0) is 38.1 Å². The average molecular weight is 421 g/mol. The van der Waals surface area contributed by atoms with Crippen molar-refractivity contribution in [3.8, 4) is 5.82 Å². The van der Waals surface area contributed by atoms with E-state index in [4.69, 9.17) is 16.6 Å². The fourth-order valence-corrected chi connectivity index (χ4v) is 3.94. The lowest BCUT2D eigenvalue weighted by molar-refractivity contribution is 0.640. The van der Waals surface area contributed by atoms with Crippen LogP contribution in [0.1, 0.15) is 11.4 Å². The van der Waals surface area contributed by atoms with E-state index in [2.05, 4.69) is 29.9 Å². The molecule has 1 fully saturated rings. The summed E-state index contributed by atoms with van der Waals surface area (Å²) in [4.78, 5) is 22.7. The van der Waals surface area contributed by atoms with Crippen LogP contribution in [-0.2, 0) is 0 Å². The second-order valence-electron chi connectivity index (χ2n) is 7.41. The largest absolute Gasteiger partial charge is 0.353 e. The minimum Gasteiger partial charge on any atom is -0.353 e. The average Bonchev–Trinajstić information content (AvgIpc) is 3.11. The zero-order valence-electron chi connectivity index (χ0n) is 16.8. The summed E-state index contributed by atoms with van der Waals surface area (Å²) < 4.78 is 1.85. The quantitative estimate of drug-likeness (QED) is 0.503. The number of fused-ring (bicyclic) bond motifs is 1. The van der Waals surface area contributed by atoms with E-state index < -0.39 is 0 Å². The number of benzene rings is 1. The second kappa shape index (κ2) is 7.53. The summed E-state index contributed by atoms with van der Waals surface area (Å²) in [6.45, 7) is 7.37. The Morgan fingerprint density at radius 3 is 2.27 bits per heavy atom. The molecule has 0 bridgehead atoms. The topological polar surface area (TPSA) is 75.9 Å². The molecule has 152 valence electrons. The normalized spacial score (nSPS) is 14.5. The van der Waals surface area contributed by atoms with Crippen LogP contribution in [-0.4, -0.2) is 55.9 Å². The van der Waals surface area contributed by atoms with E-state index in [1.165, 1.54) is 0 Å². The number of hydrogen-bond donors (Lipinski definition) is 0. The number of halogens is 1. The van der Waals surface area contributed by atoms with Crippen LogP contribution in [0.5, 0.6) is 0 Å². The van der Waals surface area contributed by atoms with Crippen molar-refractivity contribution < 1.29 is 0 Å². The van der Waals surface area contributed by atoms with Gasteiger partial charge < -0.3 is 9.80 Å². The maximum atomic E-state index is 6.04. The highest BCUT2D eigenvalue weighted by atomic mass is 35.5. The number of anilines is 2. The number of aromatic nitrogens is 6. The number of aryl methyl sites for hydroxylation is 2. The van der Waals surface area contributed by atoms with Crippen LogP contribution in [0.15, 0.2) is 42.9 Å². The Hall–Kier alpha value is -3.26. The van der Waals surface area contributed by atoms with Gasteiger partial charge in [0.25, 0.3) is 0 Å². The van der Waals surface area contributed by atoms with Crippen LogP contribution in [0.2, 0.25) is 5.02 Å². The second-order valence-corrected chi connectivity index (χ2v) is 7.85. The Labute approximate surface area is 179 Å². The SMILES string of the molecule is Cc1cc(C)n(-c2cc(N3CCN(c4cnc5cc(Cl)ccc5n4)CC3)ncn2)n1. The van der Waals surface area contributed by atoms with Gasteiger partial charge in [-0.1, -0.05) is 11.6 Å². The predicted octanol–water partition coefficient (Wildman–Crippen LogP) is 3.20. The number of nitrogens with zero attached hydrogens (tertiary/aromatic N) is 8. The highest BCUT2D eigenvalue weighted by Crippen LogP contribution is 2.22. The molecule has 1 aliphatic heterocycles. The Morgan fingerprint density at radius 1 is 0.800 bits per heavy atom. The van der Waals surface area contributed by atoms with E-state index >= 15 is 0 Å². The molecule has 0 unspecified atom stereocenters. The van der Waals surface area contributed by atoms with Crippen LogP contribution in [0.3, 0.4) is 0 Å². The molecular formula is C21H21ClN8. The lowest BCUT2D eigenvalue weighted by atomic mass is 10.3. The first kappa shape index (κ1) is 18.7. The smallest absolute Gasteiger partial charge is 0.159 e. The summed E-state index contributed by atoms with van der Waals surface area (Å²) in [5, 5.41) is 5.19. The molecule has 30 heavy (non-hydrogen) atoms. The van der Waals surface area contributed by atoms with Crippen molar-refractivity contribution in [2.75, 3.05) is 36.0 Å². The molecule has 0 N–H and O–H groups in total. The molecule has 0 aliphatic carbocycles. The van der Waals surface area contributed by atoms with Gasteiger partial charge in [0, 0.05) is 43.0 Å². The van der Waals surface area contributed by atoms with Gasteiger partial charge in [0.05, 0.1) is 22.9 Å². The number of rotatable bonds is 3. The van der Waals surface area contributed by atoms with Crippen molar-refractivity contribution in [3.63, 3.8) is 0 Å². The maximum Gasteiger partial charge on any atom is 0.159 e. The van der Waals surface area contributed by atoms with Gasteiger partial charge in [0.1, 0.15) is 18.0 Å². The number of piperazine rings is 1. The summed E-state index contributed by atoms with van der Waals surface area (Å²) >= 11 is 6.04. The molecule has 8 nitrogen and oxygen atoms in total. The van der Waals surface area contributed by atoms with Crippen molar-refractivity contribution in [2.24, 2.45) is 0 Å². The van der Waals surface area contributed by atoms with Crippen LogP contribution in [0.4, 0.5) is 11.6 Å². The molecule has 0 radical (unpaired) electrons. The lowest BCUT2D eigenvalue weighted by Gasteiger charge is -2.36. The summed E-state index contributed by atoms with van der Waals surface area (Å²) in [5.74, 6) is 2.58. The highest BCUT2D eigenvalue weighted by Gasteiger charge is 2.20. The van der Waals surface area contributed by atoms with Gasteiger partial charge in [-0.15, -0.1) is 0 Å².